The average molecular weight is 481 g/mol. The lowest BCUT2D eigenvalue weighted by Gasteiger charge is -2.29. The summed E-state index contributed by atoms with van der Waals surface area (Å²) in [4.78, 5) is 28.4. The van der Waals surface area contributed by atoms with Crippen molar-refractivity contribution in [3.8, 4) is 33.8 Å². The molecule has 6 heteroatoms. The minimum Gasteiger partial charge on any atom is -0.507 e. The molecule has 4 aromatic rings. The van der Waals surface area contributed by atoms with Crippen molar-refractivity contribution < 1.29 is 10.2 Å². The molecule has 0 spiro atoms. The van der Waals surface area contributed by atoms with Crippen LogP contribution in [0.5, 0.6) is 11.5 Å². The van der Waals surface area contributed by atoms with E-state index in [2.05, 4.69) is 0 Å². The van der Waals surface area contributed by atoms with Gasteiger partial charge in [-0.1, -0.05) is 60.7 Å². The van der Waals surface area contributed by atoms with Crippen LogP contribution in [0.2, 0.25) is 0 Å². The van der Waals surface area contributed by atoms with E-state index in [1.165, 1.54) is 9.35 Å². The predicted octanol–water partition coefficient (Wildman–Crippen LogP) is 4.82. The van der Waals surface area contributed by atoms with Crippen LogP contribution >= 0.6 is 0 Å². The number of fused-ring (bicyclic) bond motifs is 2. The van der Waals surface area contributed by atoms with Gasteiger partial charge in [-0.2, -0.15) is 0 Å². The molecule has 6 nitrogen and oxygen atoms in total. The number of pyridine rings is 2. The van der Waals surface area contributed by atoms with Crippen LogP contribution in [0.25, 0.3) is 22.3 Å². The minimum atomic E-state index is -0.418. The molecule has 6 rings (SSSR count). The van der Waals surface area contributed by atoms with E-state index in [9.17, 15) is 19.8 Å². The molecule has 0 unspecified atom stereocenters. The topological polar surface area (TPSA) is 84.5 Å². The third-order valence-corrected chi connectivity index (χ3v) is 7.57. The van der Waals surface area contributed by atoms with Gasteiger partial charge in [-0.15, -0.1) is 0 Å². The fourth-order valence-corrected chi connectivity index (χ4v) is 5.87. The average Bonchev–Trinajstić information content (AvgIpc) is 2.92. The number of rotatable bonds is 3. The first-order valence-corrected chi connectivity index (χ1v) is 12.7. The van der Waals surface area contributed by atoms with Crippen LogP contribution < -0.4 is 11.1 Å². The smallest absolute Gasteiger partial charge is 0.281 e. The van der Waals surface area contributed by atoms with Gasteiger partial charge in [-0.05, 0) is 62.5 Å². The van der Waals surface area contributed by atoms with E-state index in [-0.39, 0.29) is 22.6 Å². The Morgan fingerprint density at radius 3 is 1.28 bits per heavy atom. The number of hydrogen-bond donors (Lipinski definition) is 2. The summed E-state index contributed by atoms with van der Waals surface area (Å²) < 4.78 is 3.02. The van der Waals surface area contributed by atoms with E-state index >= 15 is 0 Å². The molecule has 0 fully saturated rings. The third-order valence-electron chi connectivity index (χ3n) is 7.57. The number of aromatic hydroxyl groups is 2. The fraction of sp³-hybridized carbons (Fsp3) is 0.267. The summed E-state index contributed by atoms with van der Waals surface area (Å²) in [5, 5.41) is 22.6. The number of benzene rings is 2. The van der Waals surface area contributed by atoms with E-state index in [0.29, 0.717) is 48.2 Å². The molecule has 2 aliphatic rings. The number of aromatic nitrogens is 2. The molecule has 0 atom stereocenters. The molecule has 0 radical (unpaired) electrons. The van der Waals surface area contributed by atoms with Crippen molar-refractivity contribution in [2.24, 2.45) is 0 Å². The van der Waals surface area contributed by atoms with Crippen LogP contribution in [0.1, 0.15) is 48.2 Å². The van der Waals surface area contributed by atoms with Crippen molar-refractivity contribution in [1.29, 1.82) is 0 Å². The highest BCUT2D eigenvalue weighted by molar-refractivity contribution is 5.73. The molecule has 182 valence electrons. The van der Waals surface area contributed by atoms with E-state index in [4.69, 9.17) is 0 Å². The Hall–Kier alpha value is -4.06. The quantitative estimate of drug-likeness (QED) is 0.440. The van der Waals surface area contributed by atoms with Gasteiger partial charge in [0.1, 0.15) is 11.5 Å². The molecule has 2 aromatic carbocycles. The normalized spacial score (nSPS) is 14.8. The van der Waals surface area contributed by atoms with Crippen LogP contribution in [0.3, 0.4) is 0 Å². The number of hydrogen-bond acceptors (Lipinski definition) is 4. The summed E-state index contributed by atoms with van der Waals surface area (Å²) in [7, 11) is 0. The second-order valence-corrected chi connectivity index (χ2v) is 9.68. The van der Waals surface area contributed by atoms with Crippen molar-refractivity contribution in [3.05, 3.63) is 104 Å². The zero-order chi connectivity index (χ0) is 24.8. The summed E-state index contributed by atoms with van der Waals surface area (Å²) in [6.45, 7) is 0. The molecular weight excluding hydrogens is 452 g/mol. The zero-order valence-electron chi connectivity index (χ0n) is 20.0. The molecule has 0 bridgehead atoms. The van der Waals surface area contributed by atoms with Gasteiger partial charge in [-0.3, -0.25) is 9.59 Å². The fourth-order valence-electron chi connectivity index (χ4n) is 5.87. The van der Waals surface area contributed by atoms with Gasteiger partial charge in [0.25, 0.3) is 11.1 Å². The lowest BCUT2D eigenvalue weighted by atomic mass is 9.91. The van der Waals surface area contributed by atoms with Gasteiger partial charge in [0.15, 0.2) is 0 Å². The highest BCUT2D eigenvalue weighted by Gasteiger charge is 2.30. The van der Waals surface area contributed by atoms with Gasteiger partial charge < -0.3 is 10.2 Å². The molecule has 2 N–H and O–H groups in total. The third kappa shape index (κ3) is 3.40. The van der Waals surface area contributed by atoms with E-state index in [1.807, 2.05) is 36.4 Å². The van der Waals surface area contributed by atoms with Gasteiger partial charge in [0.05, 0.1) is 22.5 Å². The van der Waals surface area contributed by atoms with Crippen molar-refractivity contribution in [3.63, 3.8) is 0 Å². The molecular formula is C30H28N2O4. The molecule has 2 aliphatic carbocycles. The summed E-state index contributed by atoms with van der Waals surface area (Å²) >= 11 is 0. The molecule has 36 heavy (non-hydrogen) atoms. The van der Waals surface area contributed by atoms with Crippen LogP contribution in [0.4, 0.5) is 0 Å². The highest BCUT2D eigenvalue weighted by Crippen LogP contribution is 2.38. The van der Waals surface area contributed by atoms with Crippen LogP contribution in [-0.2, 0) is 25.7 Å². The van der Waals surface area contributed by atoms with E-state index in [1.54, 1.807) is 24.3 Å². The van der Waals surface area contributed by atoms with E-state index in [0.717, 1.165) is 36.8 Å². The maximum Gasteiger partial charge on any atom is 0.281 e. The summed E-state index contributed by atoms with van der Waals surface area (Å²) in [6.07, 6.45) is 6.03. The minimum absolute atomic E-state index is 0.0149. The van der Waals surface area contributed by atoms with Crippen molar-refractivity contribution in [2.75, 3.05) is 0 Å². The van der Waals surface area contributed by atoms with Crippen LogP contribution in [-0.4, -0.2) is 19.6 Å². The Morgan fingerprint density at radius 1 is 0.528 bits per heavy atom. The summed E-state index contributed by atoms with van der Waals surface area (Å²) in [6, 6.07) is 18.3. The molecule has 0 saturated carbocycles. The SMILES string of the molecule is O=c1c(-c2ccccc2)c(O)c2c(n1-n1c3c(c(O)c(-c4ccccc4)c1=O)CCCC3)CCCC2. The first-order chi connectivity index (χ1) is 17.6. The maximum absolute atomic E-state index is 14.2. The van der Waals surface area contributed by atoms with Crippen molar-refractivity contribution in [2.45, 2.75) is 51.4 Å². The lowest BCUT2D eigenvalue weighted by Crippen LogP contribution is -2.42. The van der Waals surface area contributed by atoms with Gasteiger partial charge >= 0.3 is 0 Å². The highest BCUT2D eigenvalue weighted by atomic mass is 16.3. The summed E-state index contributed by atoms with van der Waals surface area (Å²) in [5.74, 6) is 0.0299. The Labute approximate surface area is 208 Å². The Bertz CT molecular complexity index is 1460. The van der Waals surface area contributed by atoms with Crippen molar-refractivity contribution >= 4 is 0 Å². The molecule has 0 aliphatic heterocycles. The second-order valence-electron chi connectivity index (χ2n) is 9.68. The van der Waals surface area contributed by atoms with Crippen LogP contribution in [0, 0.1) is 0 Å². The first kappa shape index (κ1) is 22.4. The van der Waals surface area contributed by atoms with Gasteiger partial charge in [0, 0.05) is 11.1 Å². The van der Waals surface area contributed by atoms with Crippen molar-refractivity contribution in [1.82, 2.24) is 9.35 Å². The molecule has 0 amide bonds. The lowest BCUT2D eigenvalue weighted by molar-refractivity contribution is 0.428. The predicted molar refractivity (Wildman–Crippen MR) is 140 cm³/mol. The Kier molecular flexibility index (Phi) is 5.52. The maximum atomic E-state index is 14.2. The largest absolute Gasteiger partial charge is 0.507 e. The standard InChI is InChI=1S/C30H28N2O4/c33-27-21-15-7-9-17-23(21)31(29(35)25(27)19-11-3-1-4-12-19)32-24-18-10-8-16-22(24)28(34)26(30(32)36)20-13-5-2-6-14-20/h1-6,11-14,33-34H,7-10,15-18H2. The monoisotopic (exact) mass is 480 g/mol. The number of nitrogens with zero attached hydrogens (tertiary/aromatic N) is 2. The zero-order valence-corrected chi connectivity index (χ0v) is 20.0. The van der Waals surface area contributed by atoms with Gasteiger partial charge in [0.2, 0.25) is 0 Å². The van der Waals surface area contributed by atoms with Gasteiger partial charge in [-0.25, -0.2) is 9.35 Å². The Balaban J connectivity index is 1.77. The molecule has 2 aromatic heterocycles. The van der Waals surface area contributed by atoms with E-state index < -0.39 is 11.1 Å². The molecule has 0 saturated heterocycles. The molecule has 2 heterocycles. The van der Waals surface area contributed by atoms with Crippen LogP contribution in [0.15, 0.2) is 70.3 Å². The Morgan fingerprint density at radius 2 is 0.889 bits per heavy atom. The summed E-state index contributed by atoms with van der Waals surface area (Å²) in [5.41, 5.74) is 3.64. The second kappa shape index (κ2) is 8.86. The first-order valence-electron chi connectivity index (χ1n) is 12.7.